The Morgan fingerprint density at radius 2 is 1.81 bits per heavy atom. The number of primary amides is 1. The lowest BCUT2D eigenvalue weighted by Crippen LogP contribution is -2.31. The standard InChI is InChI=1S/C23H25F2N3O4/c1-2-10-28(11-13-29)12-14-31-16-8-6-15(7-9-16)21-20(22(26)30)27-23(32-21)19-17(24)4-3-5-18(19)25/h3-9,29H,2,10-14H2,1H3,(H2,26,30). The number of aliphatic hydroxyl groups excluding tert-OH is 1. The molecule has 0 spiro atoms. The minimum atomic E-state index is -0.882. The van der Waals surface area contributed by atoms with Gasteiger partial charge in [0.25, 0.3) is 5.91 Å². The van der Waals surface area contributed by atoms with Gasteiger partial charge in [0.15, 0.2) is 11.5 Å². The fraction of sp³-hybridized carbons (Fsp3) is 0.304. The summed E-state index contributed by atoms with van der Waals surface area (Å²) in [5.74, 6) is -2.38. The van der Waals surface area contributed by atoms with E-state index < -0.39 is 23.1 Å². The number of ether oxygens (including phenoxy) is 1. The first kappa shape index (κ1) is 23.4. The summed E-state index contributed by atoms with van der Waals surface area (Å²) in [6, 6.07) is 10.0. The van der Waals surface area contributed by atoms with E-state index in [0.29, 0.717) is 31.0 Å². The van der Waals surface area contributed by atoms with Gasteiger partial charge in [-0.05, 0) is 49.4 Å². The predicted molar refractivity (Wildman–Crippen MR) is 115 cm³/mol. The van der Waals surface area contributed by atoms with E-state index in [2.05, 4.69) is 16.8 Å². The second-order valence-electron chi connectivity index (χ2n) is 7.10. The maximum Gasteiger partial charge on any atom is 0.271 e. The van der Waals surface area contributed by atoms with Crippen molar-refractivity contribution in [1.29, 1.82) is 0 Å². The Balaban J connectivity index is 1.78. The van der Waals surface area contributed by atoms with Crippen LogP contribution in [0.25, 0.3) is 22.8 Å². The third-order valence-electron chi connectivity index (χ3n) is 4.79. The lowest BCUT2D eigenvalue weighted by Gasteiger charge is -2.20. The van der Waals surface area contributed by atoms with Crippen molar-refractivity contribution in [2.24, 2.45) is 5.73 Å². The molecule has 3 rings (SSSR count). The highest BCUT2D eigenvalue weighted by Crippen LogP contribution is 2.33. The zero-order valence-electron chi connectivity index (χ0n) is 17.7. The van der Waals surface area contributed by atoms with Gasteiger partial charge in [0.2, 0.25) is 5.89 Å². The van der Waals surface area contributed by atoms with Gasteiger partial charge in [0, 0.05) is 18.7 Å². The number of halogens is 2. The molecule has 0 fully saturated rings. The Morgan fingerprint density at radius 1 is 1.12 bits per heavy atom. The summed E-state index contributed by atoms with van der Waals surface area (Å²) in [4.78, 5) is 17.9. The van der Waals surface area contributed by atoms with Crippen molar-refractivity contribution in [3.05, 3.63) is 59.8 Å². The number of aromatic nitrogens is 1. The first-order valence-electron chi connectivity index (χ1n) is 10.3. The molecule has 1 amide bonds. The van der Waals surface area contributed by atoms with Crippen LogP contribution in [0, 0.1) is 11.6 Å². The summed E-state index contributed by atoms with van der Waals surface area (Å²) in [5, 5.41) is 9.11. The van der Waals surface area contributed by atoms with Gasteiger partial charge in [0.1, 0.15) is 29.6 Å². The average molecular weight is 445 g/mol. The van der Waals surface area contributed by atoms with Crippen LogP contribution in [0.15, 0.2) is 46.9 Å². The summed E-state index contributed by atoms with van der Waals surface area (Å²) in [6.07, 6.45) is 0.979. The fourth-order valence-corrected chi connectivity index (χ4v) is 3.28. The molecule has 170 valence electrons. The molecule has 0 saturated carbocycles. The molecular formula is C23H25F2N3O4. The van der Waals surface area contributed by atoms with Crippen molar-refractivity contribution in [1.82, 2.24) is 9.88 Å². The van der Waals surface area contributed by atoms with Gasteiger partial charge >= 0.3 is 0 Å². The zero-order chi connectivity index (χ0) is 23.1. The lowest BCUT2D eigenvalue weighted by molar-refractivity contribution is 0.0996. The summed E-state index contributed by atoms with van der Waals surface area (Å²) in [5.41, 5.74) is 5.15. The molecule has 1 aromatic heterocycles. The molecule has 3 aromatic rings. The van der Waals surface area contributed by atoms with Gasteiger partial charge in [-0.1, -0.05) is 13.0 Å². The molecule has 0 unspecified atom stereocenters. The van der Waals surface area contributed by atoms with Crippen LogP contribution in [0.4, 0.5) is 8.78 Å². The van der Waals surface area contributed by atoms with Crippen LogP contribution in [0.5, 0.6) is 5.75 Å². The van der Waals surface area contributed by atoms with E-state index in [9.17, 15) is 13.6 Å². The number of benzene rings is 2. The van der Waals surface area contributed by atoms with Gasteiger partial charge in [0.05, 0.1) is 6.61 Å². The number of oxazole rings is 1. The largest absolute Gasteiger partial charge is 0.492 e. The summed E-state index contributed by atoms with van der Waals surface area (Å²) in [7, 11) is 0. The molecule has 0 aliphatic carbocycles. The van der Waals surface area contributed by atoms with E-state index in [0.717, 1.165) is 25.1 Å². The molecule has 7 nitrogen and oxygen atoms in total. The predicted octanol–water partition coefficient (Wildman–Crippen LogP) is 3.47. The maximum atomic E-state index is 14.1. The van der Waals surface area contributed by atoms with E-state index in [1.807, 2.05) is 0 Å². The van der Waals surface area contributed by atoms with Crippen LogP contribution in [-0.2, 0) is 0 Å². The minimum Gasteiger partial charge on any atom is -0.492 e. The van der Waals surface area contributed by atoms with Crippen LogP contribution in [0.3, 0.4) is 0 Å². The topological polar surface area (TPSA) is 102 Å². The highest BCUT2D eigenvalue weighted by Gasteiger charge is 2.24. The molecule has 0 atom stereocenters. The number of carbonyl (C=O) groups is 1. The van der Waals surface area contributed by atoms with E-state index in [1.54, 1.807) is 24.3 Å². The number of hydrogen-bond donors (Lipinski definition) is 2. The van der Waals surface area contributed by atoms with Gasteiger partial charge in [-0.2, -0.15) is 0 Å². The van der Waals surface area contributed by atoms with Crippen molar-refractivity contribution in [2.75, 3.05) is 32.8 Å². The number of carbonyl (C=O) groups excluding carboxylic acids is 1. The number of amides is 1. The molecule has 3 N–H and O–H groups in total. The van der Waals surface area contributed by atoms with Gasteiger partial charge in [-0.3, -0.25) is 9.69 Å². The smallest absolute Gasteiger partial charge is 0.271 e. The number of nitrogens with two attached hydrogens (primary N) is 1. The highest BCUT2D eigenvalue weighted by atomic mass is 19.1. The number of hydrogen-bond acceptors (Lipinski definition) is 6. The Morgan fingerprint density at radius 3 is 2.41 bits per heavy atom. The van der Waals surface area contributed by atoms with E-state index in [4.69, 9.17) is 20.0 Å². The molecule has 9 heteroatoms. The van der Waals surface area contributed by atoms with Crippen LogP contribution >= 0.6 is 0 Å². The van der Waals surface area contributed by atoms with E-state index in [1.165, 1.54) is 6.07 Å². The van der Waals surface area contributed by atoms with Gasteiger partial charge in [-0.25, -0.2) is 13.8 Å². The number of rotatable bonds is 11. The fourth-order valence-electron chi connectivity index (χ4n) is 3.28. The van der Waals surface area contributed by atoms with E-state index in [-0.39, 0.29) is 24.0 Å². The average Bonchev–Trinajstić information content (AvgIpc) is 3.20. The van der Waals surface area contributed by atoms with Crippen molar-refractivity contribution >= 4 is 5.91 Å². The van der Waals surface area contributed by atoms with E-state index >= 15 is 0 Å². The monoisotopic (exact) mass is 445 g/mol. The van der Waals surface area contributed by atoms with Crippen LogP contribution in [-0.4, -0.2) is 53.7 Å². The first-order valence-corrected chi connectivity index (χ1v) is 10.3. The first-order chi connectivity index (χ1) is 15.4. The summed E-state index contributed by atoms with van der Waals surface area (Å²) in [6.45, 7) is 4.72. The molecular weight excluding hydrogens is 420 g/mol. The second-order valence-corrected chi connectivity index (χ2v) is 7.10. The summed E-state index contributed by atoms with van der Waals surface area (Å²) >= 11 is 0. The normalized spacial score (nSPS) is 11.2. The minimum absolute atomic E-state index is 0.0127. The molecule has 0 bridgehead atoms. The molecule has 2 aromatic carbocycles. The summed E-state index contributed by atoms with van der Waals surface area (Å²) < 4.78 is 39.5. The van der Waals surface area contributed by atoms with Gasteiger partial charge in [-0.15, -0.1) is 0 Å². The highest BCUT2D eigenvalue weighted by molar-refractivity contribution is 5.97. The molecule has 0 radical (unpaired) electrons. The molecule has 0 aliphatic heterocycles. The maximum absolute atomic E-state index is 14.1. The Hall–Kier alpha value is -3.30. The third kappa shape index (κ3) is 5.49. The zero-order valence-corrected chi connectivity index (χ0v) is 17.7. The SMILES string of the molecule is CCCN(CCO)CCOc1ccc(-c2oc(-c3c(F)cccc3F)nc2C(N)=O)cc1. The van der Waals surface area contributed by atoms with Crippen LogP contribution in [0.2, 0.25) is 0 Å². The van der Waals surface area contributed by atoms with Crippen molar-refractivity contribution in [3.63, 3.8) is 0 Å². The third-order valence-corrected chi connectivity index (χ3v) is 4.79. The lowest BCUT2D eigenvalue weighted by atomic mass is 10.1. The number of aliphatic hydroxyl groups is 1. The quantitative estimate of drug-likeness (QED) is 0.469. The van der Waals surface area contributed by atoms with Crippen molar-refractivity contribution < 1.29 is 27.8 Å². The Bertz CT molecular complexity index is 1030. The van der Waals surface area contributed by atoms with Crippen LogP contribution < -0.4 is 10.5 Å². The van der Waals surface area contributed by atoms with Gasteiger partial charge < -0.3 is 20.0 Å². The van der Waals surface area contributed by atoms with Crippen LogP contribution in [0.1, 0.15) is 23.8 Å². The molecule has 1 heterocycles. The Labute approximate surface area is 184 Å². The molecule has 32 heavy (non-hydrogen) atoms. The van der Waals surface area contributed by atoms with Crippen molar-refractivity contribution in [3.8, 4) is 28.5 Å². The molecule has 0 saturated heterocycles. The number of nitrogens with zero attached hydrogens (tertiary/aromatic N) is 2. The van der Waals surface area contributed by atoms with Crippen molar-refractivity contribution in [2.45, 2.75) is 13.3 Å². The Kier molecular flexibility index (Phi) is 7.91. The molecule has 0 aliphatic rings. The second kappa shape index (κ2) is 10.8.